The Morgan fingerprint density at radius 1 is 0.836 bits per heavy atom. The van der Waals surface area contributed by atoms with E-state index in [1.807, 2.05) is 24.3 Å². The Hall–Kier alpha value is -5.18. The molecule has 1 aliphatic heterocycles. The number of benzene rings is 3. The number of methoxy groups -OCH3 is 2. The number of allylic oxidation sites excluding steroid dienone is 1. The maximum atomic E-state index is 17.5. The highest BCUT2D eigenvalue weighted by Crippen LogP contribution is 2.56. The van der Waals surface area contributed by atoms with E-state index in [9.17, 15) is 9.59 Å². The number of nitrogens with zero attached hydrogens (tertiary/aromatic N) is 1. The zero-order chi connectivity index (χ0) is 48.1. The molecule has 2 heterocycles. The van der Waals surface area contributed by atoms with E-state index in [0.29, 0.717) is 29.4 Å². The van der Waals surface area contributed by atoms with Crippen LogP contribution in [0.25, 0.3) is 17.0 Å². The van der Waals surface area contributed by atoms with Gasteiger partial charge >= 0.3 is 12.1 Å². The normalized spacial score (nSPS) is 23.7. The van der Waals surface area contributed by atoms with E-state index in [1.165, 1.54) is 25.4 Å². The molecule has 1 amide bonds. The van der Waals surface area contributed by atoms with E-state index < -0.39 is 6.09 Å². The summed E-state index contributed by atoms with van der Waals surface area (Å²) in [5.74, 6) is -0.349. The first-order chi connectivity index (χ1) is 31.9. The van der Waals surface area contributed by atoms with Crippen molar-refractivity contribution in [2.75, 3.05) is 20.8 Å². The molecule has 7 nitrogen and oxygen atoms in total. The van der Waals surface area contributed by atoms with E-state index in [1.54, 1.807) is 0 Å². The van der Waals surface area contributed by atoms with Crippen LogP contribution >= 0.6 is 0 Å². The molecule has 0 bridgehead atoms. The van der Waals surface area contributed by atoms with Crippen molar-refractivity contribution in [2.45, 2.75) is 147 Å². The van der Waals surface area contributed by atoms with Gasteiger partial charge < -0.3 is 24.7 Å². The number of alkyl carbamates (subject to hydrolysis) is 1. The summed E-state index contributed by atoms with van der Waals surface area (Å²) in [6, 6.07) is 18.7. The summed E-state index contributed by atoms with van der Waals surface area (Å²) in [5, 5.41) is 3.58. The lowest BCUT2D eigenvalue weighted by molar-refractivity contribution is -0.141. The monoisotopic (exact) mass is 914 g/mol. The van der Waals surface area contributed by atoms with Crippen LogP contribution in [0, 0.1) is 35.3 Å². The molecule has 3 fully saturated rings. The lowest BCUT2D eigenvalue weighted by Crippen LogP contribution is -2.46. The van der Waals surface area contributed by atoms with E-state index in [2.05, 4.69) is 113 Å². The van der Waals surface area contributed by atoms with Gasteiger partial charge in [0.15, 0.2) is 0 Å². The van der Waals surface area contributed by atoms with Gasteiger partial charge in [-0.15, -0.1) is 0 Å². The number of amides is 1. The molecule has 8 rings (SSSR count). The molecule has 0 spiro atoms. The van der Waals surface area contributed by atoms with Gasteiger partial charge in [0.25, 0.3) is 0 Å². The summed E-state index contributed by atoms with van der Waals surface area (Å²) in [5.41, 5.74) is 10.2. The second-order valence-electron chi connectivity index (χ2n) is 21.8. The van der Waals surface area contributed by atoms with Gasteiger partial charge in [-0.2, -0.15) is 0 Å². The van der Waals surface area contributed by atoms with Crippen LogP contribution in [0.15, 0.2) is 84.6 Å². The molecule has 8 atom stereocenters. The van der Waals surface area contributed by atoms with Crippen molar-refractivity contribution in [1.82, 2.24) is 15.2 Å². The van der Waals surface area contributed by atoms with Crippen LogP contribution in [0.5, 0.6) is 0 Å². The standard InChI is InChI=1S/C58H73F2N3O4/c1-32(2)46(31-52(64)66-10)34(5)40-14-12-15-41(40)50-30-48-49(61-50)26-25-45(55(48)60)43-24-23-42(53(43)36-17-20-39(21-18-36)58(7,8)9)44-22-19-37-28-38(29-47(37)54(44)59)51-16-13-27-63(51)35(6)56(33(3)4)62-57(65)67-11/h17-22,25-26,28,30,32-33,40-43,46,51,53,56,61H,5-6,12-16,23-24,27,29,31H2,1-4,7-11H3,(H,62,65)/t40?,41-,42?,43?,46+,51+,53?,56+/m1/s1. The van der Waals surface area contributed by atoms with E-state index in [4.69, 9.17) is 9.47 Å². The number of H-pyrrole nitrogens is 1. The van der Waals surface area contributed by atoms with Gasteiger partial charge in [0.05, 0.1) is 32.7 Å². The first-order valence-corrected chi connectivity index (χ1v) is 24.9. The number of ether oxygens (including phenoxy) is 2. The minimum absolute atomic E-state index is 0.00766. The highest BCUT2D eigenvalue weighted by Gasteiger charge is 2.43. The largest absolute Gasteiger partial charge is 0.469 e. The van der Waals surface area contributed by atoms with Crippen molar-refractivity contribution in [1.29, 1.82) is 0 Å². The number of aromatic amines is 1. The van der Waals surface area contributed by atoms with Crippen molar-refractivity contribution in [3.63, 3.8) is 0 Å². The van der Waals surface area contributed by atoms with E-state index >= 15 is 8.78 Å². The predicted octanol–water partition coefficient (Wildman–Crippen LogP) is 13.8. The van der Waals surface area contributed by atoms with Gasteiger partial charge in [-0.05, 0) is 143 Å². The highest BCUT2D eigenvalue weighted by molar-refractivity contribution is 5.82. The summed E-state index contributed by atoms with van der Waals surface area (Å²) >= 11 is 0. The Labute approximate surface area is 397 Å². The number of carbonyl (C=O) groups excluding carboxylic acids is 2. The van der Waals surface area contributed by atoms with Crippen molar-refractivity contribution < 1.29 is 27.8 Å². The number of hydrogen-bond donors (Lipinski definition) is 2. The zero-order valence-corrected chi connectivity index (χ0v) is 41.4. The fourth-order valence-electron chi connectivity index (χ4n) is 12.6. The summed E-state index contributed by atoms with van der Waals surface area (Å²) in [6.07, 6.45) is 8.87. The Morgan fingerprint density at radius 3 is 2.16 bits per heavy atom. The first-order valence-electron chi connectivity index (χ1n) is 24.9. The number of aromatic nitrogens is 1. The third-order valence-corrected chi connectivity index (χ3v) is 16.3. The van der Waals surface area contributed by atoms with Gasteiger partial charge in [0.1, 0.15) is 11.6 Å². The smallest absolute Gasteiger partial charge is 0.407 e. The fourth-order valence-corrected chi connectivity index (χ4v) is 12.6. The molecule has 67 heavy (non-hydrogen) atoms. The quantitative estimate of drug-likeness (QED) is 0.0973. The Kier molecular flexibility index (Phi) is 14.0. The van der Waals surface area contributed by atoms with Crippen LogP contribution in [-0.4, -0.2) is 54.8 Å². The Morgan fingerprint density at radius 2 is 1.52 bits per heavy atom. The van der Waals surface area contributed by atoms with Crippen molar-refractivity contribution in [2.24, 2.45) is 23.7 Å². The number of fused-ring (bicyclic) bond motifs is 2. The number of esters is 1. The highest BCUT2D eigenvalue weighted by atomic mass is 19.1. The van der Waals surface area contributed by atoms with Crippen molar-refractivity contribution in [3.8, 4) is 0 Å². The third-order valence-electron chi connectivity index (χ3n) is 16.3. The van der Waals surface area contributed by atoms with E-state index in [0.717, 1.165) is 90.7 Å². The van der Waals surface area contributed by atoms with Crippen LogP contribution < -0.4 is 5.32 Å². The average molecular weight is 914 g/mol. The molecule has 9 heteroatoms. The van der Waals surface area contributed by atoms with Crippen LogP contribution in [0.2, 0.25) is 0 Å². The van der Waals surface area contributed by atoms with Gasteiger partial charge in [-0.3, -0.25) is 4.79 Å². The molecule has 4 aromatic rings. The van der Waals surface area contributed by atoms with Gasteiger partial charge in [-0.1, -0.05) is 122 Å². The second-order valence-corrected chi connectivity index (χ2v) is 21.8. The molecule has 2 saturated carbocycles. The number of likely N-dealkylation sites (tertiary alicyclic amines) is 1. The Balaban J connectivity index is 1.09. The summed E-state index contributed by atoms with van der Waals surface area (Å²) in [6.45, 7) is 24.9. The number of rotatable bonds is 14. The van der Waals surface area contributed by atoms with Crippen LogP contribution in [0.1, 0.15) is 163 Å². The lowest BCUT2D eigenvalue weighted by Gasteiger charge is -2.35. The number of hydrogen-bond acceptors (Lipinski definition) is 5. The maximum absolute atomic E-state index is 17.5. The molecule has 4 aliphatic rings. The number of nitrogens with one attached hydrogen (secondary N) is 2. The topological polar surface area (TPSA) is 83.7 Å². The first kappa shape index (κ1) is 48.3. The van der Waals surface area contributed by atoms with E-state index in [-0.39, 0.29) is 82.4 Å². The number of carbonyl (C=O) groups is 2. The predicted molar refractivity (Wildman–Crippen MR) is 266 cm³/mol. The summed E-state index contributed by atoms with van der Waals surface area (Å²) in [7, 11) is 2.81. The summed E-state index contributed by atoms with van der Waals surface area (Å²) < 4.78 is 44.9. The molecular formula is C58H73F2N3O4. The van der Waals surface area contributed by atoms with Crippen molar-refractivity contribution in [3.05, 3.63) is 135 Å². The molecule has 4 unspecified atom stereocenters. The SMILES string of the molecule is C=C(C1CCC[C@H]1c1cc2c(F)c(C3CCC(c4ccc5c(c4F)CC([C@@H]4CCCN4C(=C)[C@@H](NC(=O)OC)C(C)C)=C5)C3c3ccc(C(C)(C)C)cc3)ccc2[nH]1)[C@@H](CC(=O)OC)C(C)C. The molecule has 3 aliphatic carbocycles. The molecule has 0 radical (unpaired) electrons. The Bertz CT molecular complexity index is 2550. The third kappa shape index (κ3) is 9.37. The van der Waals surface area contributed by atoms with Crippen molar-refractivity contribution >= 4 is 29.0 Å². The maximum Gasteiger partial charge on any atom is 0.407 e. The summed E-state index contributed by atoms with van der Waals surface area (Å²) in [4.78, 5) is 30.7. The van der Waals surface area contributed by atoms with Gasteiger partial charge in [0, 0.05) is 34.8 Å². The lowest BCUT2D eigenvalue weighted by atomic mass is 9.75. The zero-order valence-electron chi connectivity index (χ0n) is 41.4. The van der Waals surface area contributed by atoms with Gasteiger partial charge in [0.2, 0.25) is 0 Å². The van der Waals surface area contributed by atoms with Crippen LogP contribution in [0.3, 0.4) is 0 Å². The minimum atomic E-state index is -0.484. The molecule has 1 aromatic heterocycles. The molecule has 1 saturated heterocycles. The molecule has 3 aromatic carbocycles. The van der Waals surface area contributed by atoms with Crippen LogP contribution in [0.4, 0.5) is 13.6 Å². The minimum Gasteiger partial charge on any atom is -0.469 e. The fraction of sp³-hybridized carbons (Fsp3) is 0.517. The number of halogens is 2. The second kappa shape index (κ2) is 19.4. The molecule has 358 valence electrons. The van der Waals surface area contributed by atoms with Gasteiger partial charge in [-0.25, -0.2) is 13.6 Å². The van der Waals surface area contributed by atoms with Crippen LogP contribution in [-0.2, 0) is 26.1 Å². The molecule has 2 N–H and O–H groups in total. The average Bonchev–Trinajstić information content (AvgIpc) is 4.15. The molecular weight excluding hydrogens is 841 g/mol.